The molecule has 0 aliphatic carbocycles. The zero-order valence-electron chi connectivity index (χ0n) is 41.8. The lowest BCUT2D eigenvalue weighted by molar-refractivity contribution is -0.151. The fourth-order valence-electron chi connectivity index (χ4n) is 8.60. The molecule has 0 saturated carbocycles. The van der Waals surface area contributed by atoms with Gasteiger partial charge in [-0.3, -0.25) is 9.59 Å². The van der Waals surface area contributed by atoms with Crippen LogP contribution < -0.4 is 5.32 Å². The molecule has 0 bridgehead atoms. The van der Waals surface area contributed by atoms with Crippen molar-refractivity contribution >= 4 is 11.9 Å². The van der Waals surface area contributed by atoms with Gasteiger partial charge in [-0.15, -0.1) is 0 Å². The second kappa shape index (κ2) is 50.3. The SMILES string of the molecule is CCCCC/C=C/C=C/CCCCCCC(CC(=O)NC(CO)C(O)CCCCCCCCCCCCCCCCCC)OC(=O)CCCCCCCCCCCCCCCC. The van der Waals surface area contributed by atoms with E-state index in [1.807, 2.05) is 0 Å². The summed E-state index contributed by atoms with van der Waals surface area (Å²) in [6.07, 6.45) is 58.1. The largest absolute Gasteiger partial charge is 0.462 e. The van der Waals surface area contributed by atoms with Gasteiger partial charge in [0.2, 0.25) is 5.91 Å². The summed E-state index contributed by atoms with van der Waals surface area (Å²) in [5.41, 5.74) is 0. The molecule has 3 unspecified atom stereocenters. The van der Waals surface area contributed by atoms with Crippen molar-refractivity contribution in [2.45, 2.75) is 315 Å². The zero-order valence-corrected chi connectivity index (χ0v) is 41.8. The van der Waals surface area contributed by atoms with Gasteiger partial charge in [-0.1, -0.05) is 257 Å². The van der Waals surface area contributed by atoms with Crippen LogP contribution in [-0.4, -0.2) is 46.9 Å². The van der Waals surface area contributed by atoms with Crippen molar-refractivity contribution in [2.75, 3.05) is 6.61 Å². The van der Waals surface area contributed by atoms with Gasteiger partial charge in [-0.2, -0.15) is 0 Å². The second-order valence-corrected chi connectivity index (χ2v) is 19.0. The molecule has 3 atom stereocenters. The molecular formula is C56H107NO5. The van der Waals surface area contributed by atoms with Crippen molar-refractivity contribution in [1.29, 1.82) is 0 Å². The Morgan fingerprint density at radius 2 is 0.806 bits per heavy atom. The van der Waals surface area contributed by atoms with E-state index in [0.717, 1.165) is 70.6 Å². The highest BCUT2D eigenvalue weighted by atomic mass is 16.5. The smallest absolute Gasteiger partial charge is 0.306 e. The molecule has 0 aliphatic heterocycles. The van der Waals surface area contributed by atoms with Gasteiger partial charge in [-0.25, -0.2) is 0 Å². The predicted octanol–water partition coefficient (Wildman–Crippen LogP) is 16.7. The number of ether oxygens (including phenoxy) is 1. The van der Waals surface area contributed by atoms with E-state index in [9.17, 15) is 19.8 Å². The van der Waals surface area contributed by atoms with Crippen LogP contribution in [0, 0.1) is 0 Å². The molecule has 0 fully saturated rings. The first kappa shape index (κ1) is 60.3. The van der Waals surface area contributed by atoms with E-state index in [4.69, 9.17) is 4.74 Å². The maximum absolute atomic E-state index is 13.2. The number of aliphatic hydroxyl groups is 2. The number of nitrogens with one attached hydrogen (secondary N) is 1. The summed E-state index contributed by atoms with van der Waals surface area (Å²) < 4.78 is 5.94. The Morgan fingerprint density at radius 1 is 0.468 bits per heavy atom. The Labute approximate surface area is 386 Å². The number of hydrogen-bond donors (Lipinski definition) is 3. The first-order valence-electron chi connectivity index (χ1n) is 27.6. The van der Waals surface area contributed by atoms with Crippen molar-refractivity contribution in [1.82, 2.24) is 5.32 Å². The molecule has 0 rings (SSSR count). The topological polar surface area (TPSA) is 95.9 Å². The molecule has 366 valence electrons. The Hall–Kier alpha value is -1.66. The molecule has 6 heteroatoms. The Morgan fingerprint density at radius 3 is 1.23 bits per heavy atom. The van der Waals surface area contributed by atoms with Crippen LogP contribution in [0.1, 0.15) is 297 Å². The number of unbranched alkanes of at least 4 members (excludes halogenated alkanes) is 35. The van der Waals surface area contributed by atoms with Crippen LogP contribution in [-0.2, 0) is 14.3 Å². The minimum Gasteiger partial charge on any atom is -0.462 e. The van der Waals surface area contributed by atoms with Crippen LogP contribution in [0.5, 0.6) is 0 Å². The summed E-state index contributed by atoms with van der Waals surface area (Å²) >= 11 is 0. The molecule has 0 aromatic rings. The highest BCUT2D eigenvalue weighted by molar-refractivity contribution is 5.77. The van der Waals surface area contributed by atoms with Crippen LogP contribution in [0.2, 0.25) is 0 Å². The average Bonchev–Trinajstić information content (AvgIpc) is 3.26. The van der Waals surface area contributed by atoms with E-state index >= 15 is 0 Å². The zero-order chi connectivity index (χ0) is 45.2. The number of amides is 1. The maximum Gasteiger partial charge on any atom is 0.306 e. The molecule has 0 aromatic heterocycles. The quantitative estimate of drug-likeness (QED) is 0.0321. The molecule has 62 heavy (non-hydrogen) atoms. The van der Waals surface area contributed by atoms with E-state index in [-0.39, 0.29) is 24.9 Å². The van der Waals surface area contributed by atoms with Crippen LogP contribution in [0.15, 0.2) is 24.3 Å². The fourth-order valence-corrected chi connectivity index (χ4v) is 8.60. The van der Waals surface area contributed by atoms with E-state index in [0.29, 0.717) is 19.3 Å². The van der Waals surface area contributed by atoms with E-state index in [1.165, 1.54) is 180 Å². The number of rotatable bonds is 50. The van der Waals surface area contributed by atoms with Gasteiger partial charge in [-0.05, 0) is 51.4 Å². The first-order valence-corrected chi connectivity index (χ1v) is 27.6. The van der Waals surface area contributed by atoms with Gasteiger partial charge in [0.25, 0.3) is 0 Å². The molecule has 6 nitrogen and oxygen atoms in total. The normalized spacial score (nSPS) is 13.3. The lowest BCUT2D eigenvalue weighted by atomic mass is 10.0. The van der Waals surface area contributed by atoms with E-state index in [1.54, 1.807) is 0 Å². The monoisotopic (exact) mass is 874 g/mol. The average molecular weight is 874 g/mol. The van der Waals surface area contributed by atoms with Gasteiger partial charge < -0.3 is 20.3 Å². The summed E-state index contributed by atoms with van der Waals surface area (Å²) in [6, 6.07) is -0.704. The number of carbonyl (C=O) groups is 2. The highest BCUT2D eigenvalue weighted by Crippen LogP contribution is 2.18. The summed E-state index contributed by atoms with van der Waals surface area (Å²) in [4.78, 5) is 26.2. The predicted molar refractivity (Wildman–Crippen MR) is 269 cm³/mol. The molecule has 0 heterocycles. The minimum absolute atomic E-state index is 0.0695. The molecular weight excluding hydrogens is 767 g/mol. The molecule has 0 aromatic carbocycles. The highest BCUT2D eigenvalue weighted by Gasteiger charge is 2.24. The summed E-state index contributed by atoms with van der Waals surface area (Å²) in [5, 5.41) is 23.8. The maximum atomic E-state index is 13.2. The standard InChI is InChI=1S/C56H107NO5/c1-4-7-10-13-16-19-22-25-27-28-30-33-36-39-42-45-48-54(59)53(51-58)57-55(60)50-52(47-44-41-38-35-32-29-24-21-18-15-12-9-6-3)62-56(61)49-46-43-40-37-34-31-26-23-20-17-14-11-8-5-2/h18,21,24,29,52-54,58-59H,4-17,19-20,22-23,25-28,30-51H2,1-3H3,(H,57,60)/b21-18+,29-24+. The van der Waals surface area contributed by atoms with Crippen molar-refractivity contribution < 1.29 is 24.5 Å². The fraction of sp³-hybridized carbons (Fsp3) is 0.893. The van der Waals surface area contributed by atoms with Crippen molar-refractivity contribution in [3.05, 3.63) is 24.3 Å². The summed E-state index contributed by atoms with van der Waals surface area (Å²) in [5.74, 6) is -0.478. The lowest BCUT2D eigenvalue weighted by Gasteiger charge is -2.24. The van der Waals surface area contributed by atoms with Gasteiger partial charge in [0, 0.05) is 6.42 Å². The third-order valence-corrected chi connectivity index (χ3v) is 12.8. The van der Waals surface area contributed by atoms with Gasteiger partial charge in [0.1, 0.15) is 6.10 Å². The van der Waals surface area contributed by atoms with Gasteiger partial charge in [0.15, 0.2) is 0 Å². The van der Waals surface area contributed by atoms with Gasteiger partial charge in [0.05, 0.1) is 25.2 Å². The third-order valence-electron chi connectivity index (χ3n) is 12.8. The number of hydrogen-bond acceptors (Lipinski definition) is 5. The minimum atomic E-state index is -0.789. The van der Waals surface area contributed by atoms with Crippen molar-refractivity contribution in [3.8, 4) is 0 Å². The molecule has 0 aliphatic rings. The van der Waals surface area contributed by atoms with Crippen LogP contribution in [0.4, 0.5) is 0 Å². The summed E-state index contributed by atoms with van der Waals surface area (Å²) in [6.45, 7) is 6.48. The van der Waals surface area contributed by atoms with E-state index < -0.39 is 18.2 Å². The lowest BCUT2D eigenvalue weighted by Crippen LogP contribution is -2.46. The third kappa shape index (κ3) is 44.9. The number of esters is 1. The summed E-state index contributed by atoms with van der Waals surface area (Å²) in [7, 11) is 0. The first-order chi connectivity index (χ1) is 30.5. The van der Waals surface area contributed by atoms with Crippen LogP contribution >= 0.6 is 0 Å². The molecule has 0 spiro atoms. The molecule has 0 saturated heterocycles. The number of carbonyl (C=O) groups excluding carboxylic acids is 2. The number of aliphatic hydroxyl groups excluding tert-OH is 2. The van der Waals surface area contributed by atoms with Crippen molar-refractivity contribution in [3.63, 3.8) is 0 Å². The molecule has 0 radical (unpaired) electrons. The Balaban J connectivity index is 4.52. The molecule has 3 N–H and O–H groups in total. The van der Waals surface area contributed by atoms with Gasteiger partial charge >= 0.3 is 5.97 Å². The van der Waals surface area contributed by atoms with E-state index in [2.05, 4.69) is 50.4 Å². The Kier molecular flexibility index (Phi) is 49.0. The number of allylic oxidation sites excluding steroid dienone is 4. The second-order valence-electron chi connectivity index (χ2n) is 19.0. The van der Waals surface area contributed by atoms with Crippen molar-refractivity contribution in [2.24, 2.45) is 0 Å². The van der Waals surface area contributed by atoms with Crippen LogP contribution in [0.25, 0.3) is 0 Å². The molecule has 1 amide bonds. The Bertz CT molecular complexity index is 981. The van der Waals surface area contributed by atoms with Crippen LogP contribution in [0.3, 0.4) is 0 Å².